The van der Waals surface area contributed by atoms with Gasteiger partial charge >= 0.3 is 11.9 Å². The minimum atomic E-state index is -1.19. The van der Waals surface area contributed by atoms with Crippen LogP contribution >= 0.6 is 27.3 Å². The number of aliphatic imine (C=N–C) groups is 1. The molecule has 2 N–H and O–H groups in total. The summed E-state index contributed by atoms with van der Waals surface area (Å²) in [6.07, 6.45) is 0.589. The summed E-state index contributed by atoms with van der Waals surface area (Å²) in [4.78, 5) is 35.4. The van der Waals surface area contributed by atoms with E-state index in [4.69, 9.17) is 9.73 Å². The number of nitrogens with one attached hydrogen (secondary N) is 1. The van der Waals surface area contributed by atoms with Gasteiger partial charge in [0.25, 0.3) is 0 Å². The van der Waals surface area contributed by atoms with Crippen molar-refractivity contribution in [1.82, 2.24) is 15.2 Å². The van der Waals surface area contributed by atoms with Gasteiger partial charge in [-0.15, -0.1) is 11.3 Å². The van der Waals surface area contributed by atoms with Crippen molar-refractivity contribution in [3.05, 3.63) is 61.9 Å². The predicted molar refractivity (Wildman–Crippen MR) is 139 cm³/mol. The maximum atomic E-state index is 15.1. The van der Waals surface area contributed by atoms with Gasteiger partial charge in [0.15, 0.2) is 10.8 Å². The molecule has 198 valence electrons. The minimum Gasteiger partial charge on any atom is -0.481 e. The highest BCUT2D eigenvalue weighted by Crippen LogP contribution is 2.42. The third-order valence-corrected chi connectivity index (χ3v) is 8.38. The van der Waals surface area contributed by atoms with Crippen LogP contribution in [0, 0.1) is 11.2 Å². The summed E-state index contributed by atoms with van der Waals surface area (Å²) in [5.41, 5.74) is 0.398. The summed E-state index contributed by atoms with van der Waals surface area (Å²) >= 11 is 4.74. The fourth-order valence-electron chi connectivity index (χ4n) is 4.91. The number of likely N-dealkylation sites (tertiary alicyclic amines) is 1. The number of benzene rings is 1. The van der Waals surface area contributed by atoms with E-state index in [0.29, 0.717) is 26.6 Å². The van der Waals surface area contributed by atoms with Crippen LogP contribution in [0.3, 0.4) is 0 Å². The SMILES string of the molecule is COC(=O)C1=C(CN2CC(F)C(C)(C)[C@H]2CCC(=O)O)NC(c2nccs2)=N[C@H]1c1ccc(F)cc1Br. The number of ether oxygens (including phenoxy) is 1. The van der Waals surface area contributed by atoms with Gasteiger partial charge in [-0.05, 0) is 24.1 Å². The monoisotopic (exact) mass is 596 g/mol. The smallest absolute Gasteiger partial charge is 0.338 e. The first-order valence-electron chi connectivity index (χ1n) is 11.6. The zero-order valence-corrected chi connectivity index (χ0v) is 22.9. The van der Waals surface area contributed by atoms with E-state index < -0.39 is 35.4 Å². The Bertz CT molecular complexity index is 1250. The number of thiazole rings is 1. The largest absolute Gasteiger partial charge is 0.481 e. The zero-order valence-electron chi connectivity index (χ0n) is 20.5. The van der Waals surface area contributed by atoms with E-state index in [1.165, 1.54) is 30.6 Å². The Labute approximate surface area is 225 Å². The molecule has 4 rings (SSSR count). The van der Waals surface area contributed by atoms with Crippen LogP contribution in [0.1, 0.15) is 43.3 Å². The summed E-state index contributed by atoms with van der Waals surface area (Å²) in [5.74, 6) is -1.63. The highest BCUT2D eigenvalue weighted by molar-refractivity contribution is 9.10. The average Bonchev–Trinajstić information content (AvgIpc) is 3.44. The number of carbonyl (C=O) groups excluding carboxylic acids is 1. The fraction of sp³-hybridized carbons (Fsp3) is 0.440. The van der Waals surface area contributed by atoms with Crippen molar-refractivity contribution in [3.8, 4) is 0 Å². The Morgan fingerprint density at radius 1 is 1.38 bits per heavy atom. The first kappa shape index (κ1) is 27.3. The number of carboxylic acid groups (broad SMARTS) is 1. The van der Waals surface area contributed by atoms with Gasteiger partial charge in [0.05, 0.1) is 12.7 Å². The van der Waals surface area contributed by atoms with Crippen LogP contribution in [0.25, 0.3) is 0 Å². The van der Waals surface area contributed by atoms with Crippen molar-refractivity contribution in [2.45, 2.75) is 44.9 Å². The number of alkyl halides is 1. The molecule has 2 aliphatic rings. The summed E-state index contributed by atoms with van der Waals surface area (Å²) in [5, 5.41) is 14.8. The van der Waals surface area contributed by atoms with Gasteiger partial charge in [-0.1, -0.05) is 35.8 Å². The van der Waals surface area contributed by atoms with Crippen molar-refractivity contribution in [2.75, 3.05) is 20.2 Å². The number of aromatic nitrogens is 1. The van der Waals surface area contributed by atoms with Gasteiger partial charge in [0.2, 0.25) is 0 Å². The average molecular weight is 597 g/mol. The van der Waals surface area contributed by atoms with Crippen LogP contribution in [0.4, 0.5) is 8.78 Å². The van der Waals surface area contributed by atoms with Gasteiger partial charge in [0.1, 0.15) is 18.0 Å². The first-order valence-corrected chi connectivity index (χ1v) is 13.3. The van der Waals surface area contributed by atoms with E-state index in [2.05, 4.69) is 26.2 Å². The Hall–Kier alpha value is -2.70. The van der Waals surface area contributed by atoms with Crippen LogP contribution in [0.2, 0.25) is 0 Å². The number of carboxylic acids is 1. The number of hydrogen-bond donors (Lipinski definition) is 2. The minimum absolute atomic E-state index is 0.0750. The number of esters is 1. The molecule has 0 amide bonds. The number of methoxy groups -OCH3 is 1. The predicted octanol–water partition coefficient (Wildman–Crippen LogP) is 4.48. The van der Waals surface area contributed by atoms with Crippen LogP contribution in [0.15, 0.2) is 50.5 Å². The second-order valence-corrected chi connectivity index (χ2v) is 11.3. The van der Waals surface area contributed by atoms with Gasteiger partial charge in [-0.2, -0.15) is 0 Å². The molecule has 0 radical (unpaired) electrons. The molecule has 1 aromatic heterocycles. The summed E-state index contributed by atoms with van der Waals surface area (Å²) in [6.45, 7) is 3.77. The topological polar surface area (TPSA) is 104 Å². The van der Waals surface area contributed by atoms with Crippen molar-refractivity contribution in [3.63, 3.8) is 0 Å². The number of rotatable bonds is 8. The third-order valence-electron chi connectivity index (χ3n) is 6.92. The molecule has 12 heteroatoms. The standard InChI is InChI=1S/C25H27BrF2N4O4S/c1-25(2)17(28)12-32(18(25)6-7-19(33)34)11-16-20(24(35)36-3)21(14-5-4-13(27)10-15(14)26)31-22(30-16)23-29-8-9-37-23/h4-5,8-10,17-18,21H,6-7,11-12H2,1-3H3,(H,30,31)(H,33,34)/t17?,18-,21+/m1/s1. The highest BCUT2D eigenvalue weighted by Gasteiger charge is 2.49. The Morgan fingerprint density at radius 3 is 2.76 bits per heavy atom. The molecule has 0 aliphatic carbocycles. The van der Waals surface area contributed by atoms with Gasteiger partial charge in [-0.25, -0.2) is 18.6 Å². The second kappa shape index (κ2) is 11.0. The van der Waals surface area contributed by atoms with E-state index in [9.17, 15) is 19.1 Å². The maximum absolute atomic E-state index is 15.1. The molecule has 2 aliphatic heterocycles. The Balaban J connectivity index is 1.81. The van der Waals surface area contributed by atoms with Gasteiger partial charge < -0.3 is 15.2 Å². The fourth-order valence-corrected chi connectivity index (χ4v) is 6.06. The first-order chi connectivity index (χ1) is 17.5. The summed E-state index contributed by atoms with van der Waals surface area (Å²) < 4.78 is 34.6. The molecule has 3 atom stereocenters. The number of halogens is 3. The van der Waals surface area contributed by atoms with Gasteiger partial charge in [-0.3, -0.25) is 14.7 Å². The van der Waals surface area contributed by atoms with E-state index >= 15 is 4.39 Å². The molecule has 1 fully saturated rings. The lowest BCUT2D eigenvalue weighted by molar-refractivity contribution is -0.138. The zero-order chi connectivity index (χ0) is 26.9. The molecular formula is C25H27BrF2N4O4S. The van der Waals surface area contributed by atoms with E-state index in [0.717, 1.165) is 0 Å². The summed E-state index contributed by atoms with van der Waals surface area (Å²) in [6, 6.07) is 2.89. The van der Waals surface area contributed by atoms with Crippen LogP contribution in [-0.4, -0.2) is 65.2 Å². The number of carbonyl (C=O) groups is 2. The van der Waals surface area contributed by atoms with Gasteiger partial charge in [0, 0.05) is 52.7 Å². The lowest BCUT2D eigenvalue weighted by atomic mass is 9.81. The molecule has 1 aromatic carbocycles. The highest BCUT2D eigenvalue weighted by atomic mass is 79.9. The number of hydrogen-bond acceptors (Lipinski definition) is 8. The molecule has 0 saturated carbocycles. The Kier molecular flexibility index (Phi) is 8.10. The number of amidine groups is 1. The molecule has 1 unspecified atom stereocenters. The Morgan fingerprint density at radius 2 is 2.14 bits per heavy atom. The van der Waals surface area contributed by atoms with Crippen molar-refractivity contribution < 1.29 is 28.2 Å². The molecule has 2 aromatic rings. The number of nitrogens with zero attached hydrogens (tertiary/aromatic N) is 3. The molecule has 8 nitrogen and oxygen atoms in total. The van der Waals surface area contributed by atoms with E-state index in [-0.39, 0.29) is 37.5 Å². The number of aliphatic carboxylic acids is 1. The second-order valence-electron chi connectivity index (χ2n) is 9.56. The van der Waals surface area contributed by atoms with Crippen LogP contribution < -0.4 is 5.32 Å². The normalized spacial score (nSPS) is 23.5. The van der Waals surface area contributed by atoms with Crippen molar-refractivity contribution >= 4 is 45.0 Å². The molecule has 0 bridgehead atoms. The van der Waals surface area contributed by atoms with Crippen LogP contribution in [-0.2, 0) is 14.3 Å². The van der Waals surface area contributed by atoms with Crippen molar-refractivity contribution in [1.29, 1.82) is 0 Å². The van der Waals surface area contributed by atoms with Crippen LogP contribution in [0.5, 0.6) is 0 Å². The molecule has 1 saturated heterocycles. The lowest BCUT2D eigenvalue weighted by Gasteiger charge is -2.35. The quantitative estimate of drug-likeness (QED) is 0.433. The van der Waals surface area contributed by atoms with E-state index in [1.54, 1.807) is 31.5 Å². The van der Waals surface area contributed by atoms with E-state index in [1.807, 2.05) is 4.90 Å². The lowest BCUT2D eigenvalue weighted by Crippen LogP contribution is -2.43. The molecular weight excluding hydrogens is 570 g/mol. The third kappa shape index (κ3) is 5.60. The maximum Gasteiger partial charge on any atom is 0.338 e. The molecule has 37 heavy (non-hydrogen) atoms. The van der Waals surface area contributed by atoms with Crippen molar-refractivity contribution in [2.24, 2.45) is 10.4 Å². The molecule has 3 heterocycles. The summed E-state index contributed by atoms with van der Waals surface area (Å²) in [7, 11) is 1.26. The molecule has 0 spiro atoms.